The van der Waals surface area contributed by atoms with Gasteiger partial charge >= 0.3 is 0 Å². The van der Waals surface area contributed by atoms with Gasteiger partial charge in [0.15, 0.2) is 0 Å². The summed E-state index contributed by atoms with van der Waals surface area (Å²) < 4.78 is 0. The largest absolute Gasteiger partial charge is 0.361 e. The zero-order valence-corrected chi connectivity index (χ0v) is 10.2. The van der Waals surface area contributed by atoms with Crippen LogP contribution in [0.15, 0.2) is 48.5 Å². The minimum atomic E-state index is -0.202. The van der Waals surface area contributed by atoms with Crippen molar-refractivity contribution in [2.45, 2.75) is 6.17 Å². The molecule has 0 spiro atoms. The van der Waals surface area contributed by atoms with Gasteiger partial charge in [-0.2, -0.15) is 0 Å². The molecule has 1 atom stereocenters. The van der Waals surface area contributed by atoms with Gasteiger partial charge in [-0.05, 0) is 23.8 Å². The second-order valence-corrected chi connectivity index (χ2v) is 4.59. The molecule has 3 nitrogen and oxygen atoms in total. The highest BCUT2D eigenvalue weighted by atomic mass is 35.5. The number of rotatable bonds is 1. The van der Waals surface area contributed by atoms with Crippen molar-refractivity contribution in [3.8, 4) is 0 Å². The van der Waals surface area contributed by atoms with Crippen molar-refractivity contribution in [2.24, 2.45) is 0 Å². The quantitative estimate of drug-likeness (QED) is 0.825. The Balaban J connectivity index is 1.97. The van der Waals surface area contributed by atoms with Crippen LogP contribution in [0.4, 0.5) is 5.69 Å². The average molecular weight is 259 g/mol. The first kappa shape index (κ1) is 11.1. The maximum atomic E-state index is 12.0. The lowest BCUT2D eigenvalue weighted by Crippen LogP contribution is -2.38. The summed E-state index contributed by atoms with van der Waals surface area (Å²) in [7, 11) is 0. The molecular weight excluding hydrogens is 248 g/mol. The summed E-state index contributed by atoms with van der Waals surface area (Å²) in [6.07, 6.45) is -0.202. The Kier molecular flexibility index (Phi) is 2.68. The number of fused-ring (bicyclic) bond motifs is 1. The molecule has 0 unspecified atom stereocenters. The number of amides is 1. The number of anilines is 1. The highest BCUT2D eigenvalue weighted by molar-refractivity contribution is 6.31. The van der Waals surface area contributed by atoms with Crippen LogP contribution < -0.4 is 10.6 Å². The molecule has 3 rings (SSSR count). The number of nitrogens with one attached hydrogen (secondary N) is 2. The summed E-state index contributed by atoms with van der Waals surface area (Å²) in [6, 6.07) is 15.0. The Hall–Kier alpha value is -2.00. The van der Waals surface area contributed by atoms with Gasteiger partial charge in [0.25, 0.3) is 5.91 Å². The first-order valence-electron chi connectivity index (χ1n) is 5.66. The lowest BCUT2D eigenvalue weighted by Gasteiger charge is -2.28. The van der Waals surface area contributed by atoms with Crippen LogP contribution in [0.3, 0.4) is 0 Å². The Morgan fingerprint density at radius 1 is 1.00 bits per heavy atom. The summed E-state index contributed by atoms with van der Waals surface area (Å²) in [6.45, 7) is 0. The van der Waals surface area contributed by atoms with Crippen molar-refractivity contribution in [1.29, 1.82) is 0 Å². The lowest BCUT2D eigenvalue weighted by atomic mass is 10.1. The standard InChI is InChI=1S/C14H11ClN2O/c15-10-6-7-12-11(8-10)14(18)17-13(16-12)9-4-2-1-3-5-9/h1-8,13,16H,(H,17,18)/t13-/m0/s1. The Morgan fingerprint density at radius 3 is 2.56 bits per heavy atom. The summed E-state index contributed by atoms with van der Waals surface area (Å²) >= 11 is 5.89. The molecule has 4 heteroatoms. The number of carbonyl (C=O) groups is 1. The van der Waals surface area contributed by atoms with E-state index in [-0.39, 0.29) is 12.1 Å². The maximum Gasteiger partial charge on any atom is 0.255 e. The van der Waals surface area contributed by atoms with Crippen molar-refractivity contribution >= 4 is 23.2 Å². The van der Waals surface area contributed by atoms with Gasteiger partial charge in [0.2, 0.25) is 0 Å². The van der Waals surface area contributed by atoms with Crippen LogP contribution >= 0.6 is 11.6 Å². The van der Waals surface area contributed by atoms with Crippen molar-refractivity contribution in [3.05, 3.63) is 64.7 Å². The molecule has 2 aromatic rings. The van der Waals surface area contributed by atoms with E-state index in [1.165, 1.54) is 0 Å². The monoisotopic (exact) mass is 258 g/mol. The minimum absolute atomic E-state index is 0.111. The third-order valence-corrected chi connectivity index (χ3v) is 3.17. The second kappa shape index (κ2) is 4.35. The molecule has 0 saturated heterocycles. The van der Waals surface area contributed by atoms with Crippen LogP contribution in [0.25, 0.3) is 0 Å². The molecule has 0 saturated carbocycles. The Morgan fingerprint density at radius 2 is 1.78 bits per heavy atom. The van der Waals surface area contributed by atoms with E-state index in [0.717, 1.165) is 11.3 Å². The van der Waals surface area contributed by atoms with E-state index in [1.807, 2.05) is 36.4 Å². The Bertz CT molecular complexity index is 598. The molecule has 0 radical (unpaired) electrons. The molecule has 0 bridgehead atoms. The second-order valence-electron chi connectivity index (χ2n) is 4.15. The summed E-state index contributed by atoms with van der Waals surface area (Å²) in [4.78, 5) is 12.0. The van der Waals surface area contributed by atoms with E-state index in [2.05, 4.69) is 10.6 Å². The fraction of sp³-hybridized carbons (Fsp3) is 0.0714. The minimum Gasteiger partial charge on any atom is -0.361 e. The van der Waals surface area contributed by atoms with Gasteiger partial charge in [0.05, 0.1) is 5.56 Å². The van der Waals surface area contributed by atoms with Crippen LogP contribution in [0.1, 0.15) is 22.1 Å². The molecule has 0 fully saturated rings. The van der Waals surface area contributed by atoms with Gasteiger partial charge in [-0.3, -0.25) is 4.79 Å². The smallest absolute Gasteiger partial charge is 0.255 e. The lowest BCUT2D eigenvalue weighted by molar-refractivity contribution is 0.0935. The van der Waals surface area contributed by atoms with Crippen molar-refractivity contribution < 1.29 is 4.79 Å². The highest BCUT2D eigenvalue weighted by Gasteiger charge is 2.24. The summed E-state index contributed by atoms with van der Waals surface area (Å²) in [5.41, 5.74) is 2.40. The van der Waals surface area contributed by atoms with E-state index in [0.29, 0.717) is 10.6 Å². The van der Waals surface area contributed by atoms with Crippen molar-refractivity contribution in [2.75, 3.05) is 5.32 Å². The topological polar surface area (TPSA) is 41.1 Å². The average Bonchev–Trinajstić information content (AvgIpc) is 2.40. The predicted molar refractivity (Wildman–Crippen MR) is 71.7 cm³/mol. The molecule has 1 heterocycles. The van der Waals surface area contributed by atoms with Crippen LogP contribution in [0.5, 0.6) is 0 Å². The highest BCUT2D eigenvalue weighted by Crippen LogP contribution is 2.28. The first-order chi connectivity index (χ1) is 8.74. The fourth-order valence-electron chi connectivity index (χ4n) is 2.04. The number of carbonyl (C=O) groups excluding carboxylic acids is 1. The van der Waals surface area contributed by atoms with Crippen molar-refractivity contribution in [1.82, 2.24) is 5.32 Å². The molecular formula is C14H11ClN2O. The molecule has 2 aromatic carbocycles. The van der Waals surface area contributed by atoms with Crippen LogP contribution in [-0.2, 0) is 0 Å². The molecule has 0 aliphatic carbocycles. The maximum absolute atomic E-state index is 12.0. The number of hydrogen-bond donors (Lipinski definition) is 2. The van der Waals surface area contributed by atoms with Gasteiger partial charge < -0.3 is 10.6 Å². The third-order valence-electron chi connectivity index (χ3n) is 2.93. The third kappa shape index (κ3) is 1.93. The molecule has 0 aromatic heterocycles. The number of benzene rings is 2. The number of halogens is 1. The number of hydrogen-bond acceptors (Lipinski definition) is 2. The molecule has 1 aliphatic rings. The zero-order chi connectivity index (χ0) is 12.5. The SMILES string of the molecule is O=C1N[C@@H](c2ccccc2)Nc2ccc(Cl)cc21. The molecule has 18 heavy (non-hydrogen) atoms. The zero-order valence-electron chi connectivity index (χ0n) is 9.48. The fourth-order valence-corrected chi connectivity index (χ4v) is 2.21. The summed E-state index contributed by atoms with van der Waals surface area (Å²) in [5.74, 6) is -0.111. The van der Waals surface area contributed by atoms with E-state index in [1.54, 1.807) is 12.1 Å². The molecule has 90 valence electrons. The van der Waals surface area contributed by atoms with Crippen LogP contribution in [0.2, 0.25) is 5.02 Å². The Labute approximate surface area is 110 Å². The predicted octanol–water partition coefficient (Wildman–Crippen LogP) is 3.19. The van der Waals surface area contributed by atoms with E-state index >= 15 is 0 Å². The normalized spacial score (nSPS) is 17.6. The summed E-state index contributed by atoms with van der Waals surface area (Å²) in [5, 5.41) is 6.75. The molecule has 1 aliphatic heterocycles. The van der Waals surface area contributed by atoms with E-state index in [9.17, 15) is 4.79 Å². The van der Waals surface area contributed by atoms with Gasteiger partial charge in [-0.1, -0.05) is 41.9 Å². The van der Waals surface area contributed by atoms with Gasteiger partial charge in [0, 0.05) is 10.7 Å². The van der Waals surface area contributed by atoms with Crippen molar-refractivity contribution in [3.63, 3.8) is 0 Å². The van der Waals surface area contributed by atoms with Gasteiger partial charge in [0.1, 0.15) is 6.17 Å². The molecule has 2 N–H and O–H groups in total. The van der Waals surface area contributed by atoms with Gasteiger partial charge in [-0.25, -0.2) is 0 Å². The van der Waals surface area contributed by atoms with Gasteiger partial charge in [-0.15, -0.1) is 0 Å². The first-order valence-corrected chi connectivity index (χ1v) is 6.04. The van der Waals surface area contributed by atoms with E-state index in [4.69, 9.17) is 11.6 Å². The van der Waals surface area contributed by atoms with Crippen LogP contribution in [0, 0.1) is 0 Å². The van der Waals surface area contributed by atoms with E-state index < -0.39 is 0 Å². The molecule has 1 amide bonds. The van der Waals surface area contributed by atoms with Crippen LogP contribution in [-0.4, -0.2) is 5.91 Å².